The monoisotopic (exact) mass is 503 g/mol. The highest BCUT2D eigenvalue weighted by Gasteiger charge is 2.62. The highest BCUT2D eigenvalue weighted by atomic mass is 35.5. The smallest absolute Gasteiger partial charge is 0.431 e. The predicted molar refractivity (Wildman–Crippen MR) is 107 cm³/mol. The van der Waals surface area contributed by atoms with E-state index in [1.165, 1.54) is 18.6 Å². The van der Waals surface area contributed by atoms with Gasteiger partial charge in [-0.1, -0.05) is 16.8 Å². The van der Waals surface area contributed by atoms with Gasteiger partial charge in [0.2, 0.25) is 0 Å². The van der Waals surface area contributed by atoms with E-state index < -0.39 is 46.5 Å². The standard InChI is InChI=1S/C21H12ClF6N3O3/c22-14-7-12(6-13(8-14)20(23,24)25)19(21(26,27)28)9-15(30-34-19)3-5-33-18(32)16-2-1-4-31-11-29-10-17(16)31/h1-8,10-11H,9H2. The Labute approximate surface area is 192 Å². The number of oxime groups is 1. The molecular weight excluding hydrogens is 492 g/mol. The van der Waals surface area contributed by atoms with E-state index in [4.69, 9.17) is 16.3 Å². The number of hydrogen-bond acceptors (Lipinski definition) is 5. The van der Waals surface area contributed by atoms with Crippen molar-refractivity contribution in [1.82, 2.24) is 9.38 Å². The number of pyridine rings is 1. The van der Waals surface area contributed by atoms with Crippen LogP contribution in [-0.2, 0) is 21.4 Å². The minimum absolute atomic E-state index is 0.150. The predicted octanol–water partition coefficient (Wildman–Crippen LogP) is 5.91. The summed E-state index contributed by atoms with van der Waals surface area (Å²) in [6, 6.07) is 4.59. The molecule has 3 aromatic rings. The molecule has 0 radical (unpaired) electrons. The molecule has 1 unspecified atom stereocenters. The lowest BCUT2D eigenvalue weighted by molar-refractivity contribution is -0.276. The molecule has 0 amide bonds. The molecule has 0 saturated heterocycles. The maximum absolute atomic E-state index is 14.0. The van der Waals surface area contributed by atoms with Crippen LogP contribution in [-0.4, -0.2) is 27.2 Å². The SMILES string of the molecule is O=C(OC=CC1=NOC(c2cc(Cl)cc(C(F)(F)F)c2)(C(F)(F)F)C1)c1cccn2cncc12. The fourth-order valence-electron chi connectivity index (χ4n) is 3.36. The summed E-state index contributed by atoms with van der Waals surface area (Å²) in [5, 5.41) is 2.79. The first-order valence-electron chi connectivity index (χ1n) is 9.39. The van der Waals surface area contributed by atoms with Crippen LogP contribution < -0.4 is 0 Å². The molecule has 1 atom stereocenters. The molecule has 178 valence electrons. The molecule has 0 bridgehead atoms. The summed E-state index contributed by atoms with van der Waals surface area (Å²) in [5.74, 6) is -0.811. The first-order chi connectivity index (χ1) is 15.9. The fraction of sp³-hybridized carbons (Fsp3) is 0.190. The number of ether oxygens (including phenoxy) is 1. The zero-order chi connectivity index (χ0) is 24.7. The Morgan fingerprint density at radius 1 is 1.21 bits per heavy atom. The maximum Gasteiger partial charge on any atom is 0.435 e. The molecule has 34 heavy (non-hydrogen) atoms. The molecule has 0 spiro atoms. The van der Waals surface area contributed by atoms with Gasteiger partial charge < -0.3 is 14.0 Å². The molecule has 1 aliphatic heterocycles. The second kappa shape index (κ2) is 8.35. The molecular formula is C21H12ClF6N3O3. The second-order valence-corrected chi connectivity index (χ2v) is 7.65. The topological polar surface area (TPSA) is 65.2 Å². The third-order valence-electron chi connectivity index (χ3n) is 5.01. The van der Waals surface area contributed by atoms with Crippen molar-refractivity contribution in [2.75, 3.05) is 0 Å². The Morgan fingerprint density at radius 2 is 1.97 bits per heavy atom. The summed E-state index contributed by atoms with van der Waals surface area (Å²) in [6.45, 7) is 0. The third kappa shape index (κ3) is 4.32. The van der Waals surface area contributed by atoms with Gasteiger partial charge in [0.25, 0.3) is 5.60 Å². The number of alkyl halides is 6. The van der Waals surface area contributed by atoms with Crippen molar-refractivity contribution >= 4 is 28.8 Å². The van der Waals surface area contributed by atoms with Gasteiger partial charge in [0.05, 0.1) is 41.1 Å². The third-order valence-corrected chi connectivity index (χ3v) is 5.22. The minimum atomic E-state index is -5.14. The largest absolute Gasteiger partial charge is 0.435 e. The van der Waals surface area contributed by atoms with Crippen LogP contribution >= 0.6 is 11.6 Å². The zero-order valence-corrected chi connectivity index (χ0v) is 17.4. The van der Waals surface area contributed by atoms with E-state index >= 15 is 0 Å². The van der Waals surface area contributed by atoms with Crippen LogP contribution in [0.2, 0.25) is 5.02 Å². The lowest BCUT2D eigenvalue weighted by atomic mass is 9.87. The molecule has 13 heteroatoms. The number of carbonyl (C=O) groups excluding carboxylic acids is 1. The summed E-state index contributed by atoms with van der Waals surface area (Å²) in [4.78, 5) is 20.9. The molecule has 6 nitrogen and oxygen atoms in total. The van der Waals surface area contributed by atoms with Crippen LogP contribution in [0.4, 0.5) is 26.3 Å². The molecule has 3 heterocycles. The molecule has 0 aliphatic carbocycles. The van der Waals surface area contributed by atoms with E-state index in [0.29, 0.717) is 17.6 Å². The maximum atomic E-state index is 14.0. The van der Waals surface area contributed by atoms with Crippen LogP contribution in [0.3, 0.4) is 0 Å². The number of imidazole rings is 1. The van der Waals surface area contributed by atoms with Gasteiger partial charge in [0.1, 0.15) is 0 Å². The number of carbonyl (C=O) groups is 1. The van der Waals surface area contributed by atoms with Crippen molar-refractivity contribution in [1.29, 1.82) is 0 Å². The lowest BCUT2D eigenvalue weighted by Gasteiger charge is -2.30. The van der Waals surface area contributed by atoms with Crippen molar-refractivity contribution in [2.24, 2.45) is 5.16 Å². The highest BCUT2D eigenvalue weighted by Crippen LogP contribution is 2.49. The van der Waals surface area contributed by atoms with Crippen molar-refractivity contribution in [3.05, 3.63) is 83.1 Å². The first-order valence-corrected chi connectivity index (χ1v) is 9.77. The van der Waals surface area contributed by atoms with E-state index in [9.17, 15) is 31.1 Å². The van der Waals surface area contributed by atoms with Gasteiger partial charge in [-0.3, -0.25) is 0 Å². The Balaban J connectivity index is 1.56. The highest BCUT2D eigenvalue weighted by molar-refractivity contribution is 6.30. The molecule has 4 rings (SSSR count). The molecule has 0 N–H and O–H groups in total. The molecule has 0 saturated carbocycles. The van der Waals surface area contributed by atoms with Gasteiger partial charge in [0.15, 0.2) is 0 Å². The first kappa shape index (κ1) is 23.6. The van der Waals surface area contributed by atoms with Crippen molar-refractivity contribution in [2.45, 2.75) is 24.4 Å². The molecule has 2 aromatic heterocycles. The van der Waals surface area contributed by atoms with Gasteiger partial charge in [-0.25, -0.2) is 9.78 Å². The van der Waals surface area contributed by atoms with Crippen molar-refractivity contribution in [3.8, 4) is 0 Å². The normalized spacial score (nSPS) is 18.9. The summed E-state index contributed by atoms with van der Waals surface area (Å²) in [7, 11) is 0. The van der Waals surface area contributed by atoms with E-state index in [0.717, 1.165) is 18.4 Å². The van der Waals surface area contributed by atoms with Crippen LogP contribution in [0.15, 0.2) is 66.5 Å². The van der Waals surface area contributed by atoms with E-state index in [-0.39, 0.29) is 11.3 Å². The number of nitrogens with zero attached hydrogens (tertiary/aromatic N) is 3. The second-order valence-electron chi connectivity index (χ2n) is 7.22. The van der Waals surface area contributed by atoms with Crippen LogP contribution in [0.25, 0.3) is 5.52 Å². The number of aromatic nitrogens is 2. The number of halogens is 7. The zero-order valence-electron chi connectivity index (χ0n) is 16.7. The Bertz CT molecular complexity index is 1320. The number of esters is 1. The van der Waals surface area contributed by atoms with Gasteiger partial charge in [0, 0.05) is 23.2 Å². The lowest BCUT2D eigenvalue weighted by Crippen LogP contribution is -2.42. The average molecular weight is 504 g/mol. The van der Waals surface area contributed by atoms with Crippen molar-refractivity contribution < 1.29 is 40.7 Å². The number of allylic oxidation sites excluding steroid dienone is 1. The Kier molecular flexibility index (Phi) is 5.80. The van der Waals surface area contributed by atoms with Gasteiger partial charge in [-0.05, 0) is 36.4 Å². The van der Waals surface area contributed by atoms with Crippen LogP contribution in [0.5, 0.6) is 0 Å². The summed E-state index contributed by atoms with van der Waals surface area (Å²) < 4.78 is 87.8. The van der Waals surface area contributed by atoms with Gasteiger partial charge in [-0.2, -0.15) is 26.3 Å². The van der Waals surface area contributed by atoms with Gasteiger partial charge in [-0.15, -0.1) is 0 Å². The van der Waals surface area contributed by atoms with Gasteiger partial charge >= 0.3 is 18.3 Å². The minimum Gasteiger partial charge on any atom is -0.431 e. The number of fused-ring (bicyclic) bond motifs is 1. The quantitative estimate of drug-likeness (QED) is 0.252. The van der Waals surface area contributed by atoms with E-state index in [1.54, 1.807) is 16.7 Å². The van der Waals surface area contributed by atoms with E-state index in [2.05, 4.69) is 15.0 Å². The van der Waals surface area contributed by atoms with Crippen molar-refractivity contribution in [3.63, 3.8) is 0 Å². The Hall–Kier alpha value is -3.54. The Morgan fingerprint density at radius 3 is 2.68 bits per heavy atom. The van der Waals surface area contributed by atoms with Crippen LogP contribution in [0, 0.1) is 0 Å². The fourth-order valence-corrected chi connectivity index (χ4v) is 3.60. The van der Waals surface area contributed by atoms with Crippen LogP contribution in [0.1, 0.15) is 27.9 Å². The molecule has 1 aliphatic rings. The average Bonchev–Trinajstić information content (AvgIpc) is 3.40. The van der Waals surface area contributed by atoms with E-state index in [1.807, 2.05) is 0 Å². The summed E-state index contributed by atoms with van der Waals surface area (Å²) in [6.07, 6.45) is -4.74. The number of benzene rings is 1. The number of hydrogen-bond donors (Lipinski definition) is 0. The number of rotatable bonds is 4. The molecule has 1 aromatic carbocycles. The summed E-state index contributed by atoms with van der Waals surface area (Å²) >= 11 is 5.65. The molecule has 0 fully saturated rings. The summed E-state index contributed by atoms with van der Waals surface area (Å²) in [5.41, 5.74) is -5.16.